The summed E-state index contributed by atoms with van der Waals surface area (Å²) >= 11 is 0. The second kappa shape index (κ2) is 3.88. The molecule has 0 bridgehead atoms. The average Bonchev–Trinajstić information content (AvgIpc) is 2.06. The number of carbonyl (C=O) groups is 1. The van der Waals surface area contributed by atoms with Crippen LogP contribution in [0.3, 0.4) is 0 Å². The van der Waals surface area contributed by atoms with Crippen molar-refractivity contribution >= 4 is 11.7 Å². The van der Waals surface area contributed by atoms with E-state index < -0.39 is 5.60 Å². The summed E-state index contributed by atoms with van der Waals surface area (Å²) in [6.45, 7) is 7.21. The lowest BCUT2D eigenvalue weighted by molar-refractivity contribution is 0.00683. The lowest BCUT2D eigenvalue weighted by Gasteiger charge is -2.20. The van der Waals surface area contributed by atoms with E-state index in [-0.39, 0.29) is 5.97 Å². The van der Waals surface area contributed by atoms with Gasteiger partial charge in [0.05, 0.1) is 23.1 Å². The Morgan fingerprint density at radius 2 is 2.07 bits per heavy atom. The van der Waals surface area contributed by atoms with E-state index in [0.29, 0.717) is 16.9 Å². The van der Waals surface area contributed by atoms with Gasteiger partial charge in [0.25, 0.3) is 0 Å². The van der Waals surface area contributed by atoms with E-state index in [9.17, 15) is 4.79 Å². The fourth-order valence-corrected chi connectivity index (χ4v) is 1.09. The Morgan fingerprint density at radius 1 is 1.47 bits per heavy atom. The summed E-state index contributed by atoms with van der Waals surface area (Å²) in [6.07, 6.45) is 1.52. The quantitative estimate of drug-likeness (QED) is 0.716. The van der Waals surface area contributed by atoms with Crippen LogP contribution in [0.1, 0.15) is 36.8 Å². The van der Waals surface area contributed by atoms with Crippen molar-refractivity contribution in [3.05, 3.63) is 23.5 Å². The van der Waals surface area contributed by atoms with E-state index in [1.54, 1.807) is 13.0 Å². The SMILES string of the molecule is Cc1ncc(N)cc1C(=O)OC(C)(C)C. The number of nitrogen functional groups attached to an aromatic ring is 1. The number of aryl methyl sites for hydroxylation is 1. The van der Waals surface area contributed by atoms with Gasteiger partial charge in [-0.25, -0.2) is 4.79 Å². The smallest absolute Gasteiger partial charge is 0.340 e. The lowest BCUT2D eigenvalue weighted by Crippen LogP contribution is -2.24. The Balaban J connectivity index is 2.96. The summed E-state index contributed by atoms with van der Waals surface area (Å²) < 4.78 is 5.23. The number of carbonyl (C=O) groups excluding carboxylic acids is 1. The van der Waals surface area contributed by atoms with Crippen LogP contribution in [-0.4, -0.2) is 16.6 Å². The maximum Gasteiger partial charge on any atom is 0.340 e. The Kier molecular flexibility index (Phi) is 2.98. The number of anilines is 1. The Hall–Kier alpha value is -1.58. The first-order chi connectivity index (χ1) is 6.79. The van der Waals surface area contributed by atoms with Crippen LogP contribution < -0.4 is 5.73 Å². The van der Waals surface area contributed by atoms with E-state index >= 15 is 0 Å². The zero-order chi connectivity index (χ0) is 11.6. The fourth-order valence-electron chi connectivity index (χ4n) is 1.09. The summed E-state index contributed by atoms with van der Waals surface area (Å²) in [7, 11) is 0. The Morgan fingerprint density at radius 3 is 2.60 bits per heavy atom. The summed E-state index contributed by atoms with van der Waals surface area (Å²) in [5.74, 6) is -0.389. The summed E-state index contributed by atoms with van der Waals surface area (Å²) in [5, 5.41) is 0. The molecule has 0 aliphatic heterocycles. The minimum absolute atomic E-state index is 0.389. The number of hydrogen-bond acceptors (Lipinski definition) is 4. The molecule has 0 amide bonds. The second-order valence-corrected chi connectivity index (χ2v) is 4.40. The van der Waals surface area contributed by atoms with Gasteiger partial charge in [-0.15, -0.1) is 0 Å². The Bertz CT molecular complexity index is 381. The predicted octanol–water partition coefficient (Wildman–Crippen LogP) is 1.93. The fraction of sp³-hybridized carbons (Fsp3) is 0.455. The van der Waals surface area contributed by atoms with Gasteiger partial charge in [0.2, 0.25) is 0 Å². The zero-order valence-corrected chi connectivity index (χ0v) is 9.50. The number of aromatic nitrogens is 1. The molecule has 82 valence electrons. The summed E-state index contributed by atoms with van der Waals surface area (Å²) in [6, 6.07) is 1.58. The van der Waals surface area contributed by atoms with Gasteiger partial charge < -0.3 is 10.5 Å². The number of nitrogens with zero attached hydrogens (tertiary/aromatic N) is 1. The first kappa shape index (κ1) is 11.5. The number of pyridine rings is 1. The van der Waals surface area contributed by atoms with Crippen molar-refractivity contribution in [3.63, 3.8) is 0 Å². The minimum atomic E-state index is -0.506. The maximum atomic E-state index is 11.7. The third kappa shape index (κ3) is 3.23. The molecule has 15 heavy (non-hydrogen) atoms. The molecule has 4 nitrogen and oxygen atoms in total. The van der Waals surface area contributed by atoms with E-state index in [2.05, 4.69) is 4.98 Å². The van der Waals surface area contributed by atoms with E-state index in [1.165, 1.54) is 6.20 Å². The van der Waals surface area contributed by atoms with Crippen LogP contribution >= 0.6 is 0 Å². The topological polar surface area (TPSA) is 65.2 Å². The third-order valence-electron chi connectivity index (χ3n) is 1.73. The normalized spacial score (nSPS) is 11.2. The first-order valence-electron chi connectivity index (χ1n) is 4.75. The van der Waals surface area contributed by atoms with Gasteiger partial charge in [-0.3, -0.25) is 4.98 Å². The van der Waals surface area contributed by atoms with E-state index in [1.807, 2.05) is 20.8 Å². The van der Waals surface area contributed by atoms with Crippen molar-refractivity contribution in [2.24, 2.45) is 0 Å². The number of hydrogen-bond donors (Lipinski definition) is 1. The summed E-state index contributed by atoms with van der Waals surface area (Å²) in [5.41, 5.74) is 6.56. The molecule has 2 N–H and O–H groups in total. The molecule has 0 saturated heterocycles. The molecule has 0 spiro atoms. The molecule has 1 aromatic heterocycles. The molecule has 1 heterocycles. The average molecular weight is 208 g/mol. The third-order valence-corrected chi connectivity index (χ3v) is 1.73. The minimum Gasteiger partial charge on any atom is -0.456 e. The van der Waals surface area contributed by atoms with Crippen molar-refractivity contribution in [1.82, 2.24) is 4.98 Å². The van der Waals surface area contributed by atoms with Crippen molar-refractivity contribution in [2.75, 3.05) is 5.73 Å². The van der Waals surface area contributed by atoms with Gasteiger partial charge >= 0.3 is 5.97 Å². The van der Waals surface area contributed by atoms with E-state index in [0.717, 1.165) is 0 Å². The van der Waals surface area contributed by atoms with Crippen LogP contribution in [-0.2, 0) is 4.74 Å². The molecule has 0 radical (unpaired) electrons. The van der Waals surface area contributed by atoms with Crippen molar-refractivity contribution in [3.8, 4) is 0 Å². The van der Waals surface area contributed by atoms with Crippen LogP contribution in [0, 0.1) is 6.92 Å². The molecule has 0 aliphatic carbocycles. The van der Waals surface area contributed by atoms with Crippen LogP contribution in [0.25, 0.3) is 0 Å². The number of esters is 1. The molecule has 0 unspecified atom stereocenters. The van der Waals surface area contributed by atoms with Crippen LogP contribution in [0.15, 0.2) is 12.3 Å². The molecule has 1 rings (SSSR count). The Labute approximate surface area is 89.5 Å². The van der Waals surface area contributed by atoms with Gasteiger partial charge in [0.1, 0.15) is 5.60 Å². The molecule has 0 saturated carbocycles. The highest BCUT2D eigenvalue weighted by Gasteiger charge is 2.19. The van der Waals surface area contributed by atoms with E-state index in [4.69, 9.17) is 10.5 Å². The second-order valence-electron chi connectivity index (χ2n) is 4.40. The molecule has 0 aromatic carbocycles. The molecular formula is C11H16N2O2. The number of ether oxygens (including phenoxy) is 1. The molecular weight excluding hydrogens is 192 g/mol. The highest BCUT2D eigenvalue weighted by atomic mass is 16.6. The number of rotatable bonds is 1. The maximum absolute atomic E-state index is 11.7. The van der Waals surface area contributed by atoms with Gasteiger partial charge in [-0.05, 0) is 33.8 Å². The highest BCUT2D eigenvalue weighted by Crippen LogP contribution is 2.15. The first-order valence-corrected chi connectivity index (χ1v) is 4.75. The van der Waals surface area contributed by atoms with Crippen LogP contribution in [0.4, 0.5) is 5.69 Å². The standard InChI is InChI=1S/C11H16N2O2/c1-7-9(5-8(12)6-13-7)10(14)15-11(2,3)4/h5-6H,12H2,1-4H3. The van der Waals surface area contributed by atoms with Crippen molar-refractivity contribution in [2.45, 2.75) is 33.3 Å². The number of nitrogens with two attached hydrogens (primary N) is 1. The largest absolute Gasteiger partial charge is 0.456 e. The van der Waals surface area contributed by atoms with Crippen LogP contribution in [0.2, 0.25) is 0 Å². The van der Waals surface area contributed by atoms with Gasteiger partial charge in [-0.2, -0.15) is 0 Å². The van der Waals surface area contributed by atoms with Crippen molar-refractivity contribution < 1.29 is 9.53 Å². The van der Waals surface area contributed by atoms with Crippen molar-refractivity contribution in [1.29, 1.82) is 0 Å². The molecule has 1 aromatic rings. The molecule has 4 heteroatoms. The summed E-state index contributed by atoms with van der Waals surface area (Å²) in [4.78, 5) is 15.7. The molecule has 0 fully saturated rings. The van der Waals surface area contributed by atoms with Gasteiger partial charge in [0.15, 0.2) is 0 Å². The monoisotopic (exact) mass is 208 g/mol. The van der Waals surface area contributed by atoms with Gasteiger partial charge in [0, 0.05) is 0 Å². The lowest BCUT2D eigenvalue weighted by atomic mass is 10.1. The molecule has 0 aliphatic rings. The zero-order valence-electron chi connectivity index (χ0n) is 9.50. The highest BCUT2D eigenvalue weighted by molar-refractivity contribution is 5.91. The van der Waals surface area contributed by atoms with Gasteiger partial charge in [-0.1, -0.05) is 0 Å². The predicted molar refractivity (Wildman–Crippen MR) is 58.6 cm³/mol. The molecule has 0 atom stereocenters. The van der Waals surface area contributed by atoms with Crippen LogP contribution in [0.5, 0.6) is 0 Å².